The smallest absolute Gasteiger partial charge is 0.313 e. The van der Waals surface area contributed by atoms with E-state index in [9.17, 15) is 9.59 Å². The summed E-state index contributed by atoms with van der Waals surface area (Å²) in [6.45, 7) is 2.01. The van der Waals surface area contributed by atoms with Crippen LogP contribution in [0, 0.1) is 11.3 Å². The van der Waals surface area contributed by atoms with Gasteiger partial charge in [-0.15, -0.1) is 11.8 Å². The highest BCUT2D eigenvalue weighted by Gasteiger charge is 2.53. The van der Waals surface area contributed by atoms with Crippen LogP contribution in [0.3, 0.4) is 0 Å². The predicted molar refractivity (Wildman–Crippen MR) is 149 cm³/mol. The molecule has 3 atom stereocenters. The molecule has 0 radical (unpaired) electrons. The Balaban J connectivity index is 1.18. The number of ether oxygens (including phenoxy) is 2. The SMILES string of the molecule is COC(=O)[C@]12CC[C@H](NCc3ccc4c(n3)NC(=O)CS4)C[C@@H]1CCN(c1ccnc3ccc(OC)nc13)C2. The van der Waals surface area contributed by atoms with Gasteiger partial charge < -0.3 is 25.0 Å². The molecule has 2 N–H and O–H groups in total. The van der Waals surface area contributed by atoms with Crippen molar-refractivity contribution in [2.75, 3.05) is 43.3 Å². The third kappa shape index (κ3) is 4.89. The highest BCUT2D eigenvalue weighted by atomic mass is 32.2. The quantitative estimate of drug-likeness (QED) is 0.444. The molecule has 6 rings (SSSR count). The predicted octanol–water partition coefficient (Wildman–Crippen LogP) is 3.41. The molecule has 5 heterocycles. The average Bonchev–Trinajstić information content (AvgIpc) is 2.98. The van der Waals surface area contributed by atoms with Gasteiger partial charge in [0.15, 0.2) is 0 Å². The van der Waals surface area contributed by atoms with Crippen molar-refractivity contribution in [3.05, 3.63) is 42.2 Å². The Morgan fingerprint density at radius 2 is 2.10 bits per heavy atom. The summed E-state index contributed by atoms with van der Waals surface area (Å²) >= 11 is 1.51. The Hall–Kier alpha value is -3.44. The van der Waals surface area contributed by atoms with Crippen molar-refractivity contribution in [1.29, 1.82) is 0 Å². The first-order chi connectivity index (χ1) is 19.0. The molecule has 0 spiro atoms. The lowest BCUT2D eigenvalue weighted by Gasteiger charge is -2.51. The maximum atomic E-state index is 13.3. The first kappa shape index (κ1) is 25.8. The second kappa shape index (κ2) is 10.6. The summed E-state index contributed by atoms with van der Waals surface area (Å²) in [6, 6.07) is 10.0. The van der Waals surface area contributed by atoms with E-state index in [-0.39, 0.29) is 23.8 Å². The molecule has 204 valence electrons. The summed E-state index contributed by atoms with van der Waals surface area (Å²) in [5.41, 5.74) is 2.85. The van der Waals surface area contributed by atoms with Crippen LogP contribution in [0.5, 0.6) is 5.88 Å². The summed E-state index contributed by atoms with van der Waals surface area (Å²) in [6.07, 6.45) is 5.16. The fourth-order valence-corrected chi connectivity index (χ4v) is 7.05. The van der Waals surface area contributed by atoms with E-state index in [0.717, 1.165) is 59.5 Å². The monoisotopic (exact) mass is 548 g/mol. The van der Waals surface area contributed by atoms with E-state index < -0.39 is 5.41 Å². The number of anilines is 2. The van der Waals surface area contributed by atoms with Crippen LogP contribution in [-0.2, 0) is 20.9 Å². The van der Waals surface area contributed by atoms with Crippen molar-refractivity contribution in [3.8, 4) is 5.88 Å². The van der Waals surface area contributed by atoms with Crippen molar-refractivity contribution < 1.29 is 19.1 Å². The third-order valence-corrected chi connectivity index (χ3v) is 9.34. The average molecular weight is 549 g/mol. The lowest BCUT2D eigenvalue weighted by molar-refractivity contribution is -0.160. The second-order valence-corrected chi connectivity index (χ2v) is 11.5. The minimum atomic E-state index is -0.578. The van der Waals surface area contributed by atoms with E-state index in [1.807, 2.05) is 30.3 Å². The van der Waals surface area contributed by atoms with E-state index in [1.165, 1.54) is 18.9 Å². The molecule has 0 unspecified atom stereocenters. The summed E-state index contributed by atoms with van der Waals surface area (Å²) in [4.78, 5) is 42.2. The van der Waals surface area contributed by atoms with Gasteiger partial charge in [-0.25, -0.2) is 9.97 Å². The van der Waals surface area contributed by atoms with Gasteiger partial charge in [0.05, 0.1) is 47.2 Å². The van der Waals surface area contributed by atoms with Gasteiger partial charge in [0.1, 0.15) is 11.3 Å². The highest BCUT2D eigenvalue weighted by molar-refractivity contribution is 8.00. The number of carbonyl (C=O) groups excluding carboxylic acids is 2. The first-order valence-electron chi connectivity index (χ1n) is 13.3. The highest BCUT2D eigenvalue weighted by Crippen LogP contribution is 2.48. The number of nitrogens with one attached hydrogen (secondary N) is 2. The molecule has 39 heavy (non-hydrogen) atoms. The van der Waals surface area contributed by atoms with Crippen LogP contribution >= 0.6 is 11.8 Å². The van der Waals surface area contributed by atoms with E-state index >= 15 is 0 Å². The van der Waals surface area contributed by atoms with E-state index in [2.05, 4.69) is 30.5 Å². The second-order valence-electron chi connectivity index (χ2n) is 10.4. The van der Waals surface area contributed by atoms with Gasteiger partial charge >= 0.3 is 5.97 Å². The Morgan fingerprint density at radius 1 is 1.21 bits per heavy atom. The van der Waals surface area contributed by atoms with Crippen LogP contribution in [-0.4, -0.2) is 65.9 Å². The largest absolute Gasteiger partial charge is 0.481 e. The molecule has 10 nitrogen and oxygen atoms in total. The minimum absolute atomic E-state index is 0.0161. The van der Waals surface area contributed by atoms with Crippen LogP contribution < -0.4 is 20.3 Å². The molecule has 1 saturated heterocycles. The van der Waals surface area contributed by atoms with Gasteiger partial charge in [0.25, 0.3) is 0 Å². The van der Waals surface area contributed by atoms with Crippen LogP contribution in [0.4, 0.5) is 11.5 Å². The Kier molecular flexibility index (Phi) is 7.03. The lowest BCUT2D eigenvalue weighted by atomic mass is 9.61. The molecule has 1 amide bonds. The summed E-state index contributed by atoms with van der Waals surface area (Å²) in [5.74, 6) is 1.66. The number of fused-ring (bicyclic) bond motifs is 3. The van der Waals surface area contributed by atoms with Gasteiger partial charge in [-0.05, 0) is 55.9 Å². The standard InChI is InChI=1S/C28H32N6O4S/c1-37-24-6-4-20-25(33-24)21(8-11-29-20)34-12-9-17-13-18(7-10-28(17,16-34)27(36)38-2)30-14-19-3-5-22-26(31-19)32-23(35)15-39-22/h3-6,8,11,17-18,30H,7,9-10,12-16H2,1-2H3,(H,31,32,35)/t17-,18-,28-/m0/s1. The van der Waals surface area contributed by atoms with Gasteiger partial charge in [-0.2, -0.15) is 0 Å². The van der Waals surface area contributed by atoms with Gasteiger partial charge in [-0.3, -0.25) is 14.6 Å². The fraction of sp³-hybridized carbons (Fsp3) is 0.464. The van der Waals surface area contributed by atoms with Crippen LogP contribution in [0.25, 0.3) is 11.0 Å². The molecule has 2 fully saturated rings. The number of thioether (sulfide) groups is 1. The topological polar surface area (TPSA) is 119 Å². The van der Waals surface area contributed by atoms with Crippen molar-refractivity contribution in [3.63, 3.8) is 0 Å². The number of aromatic nitrogens is 3. The number of hydrogen-bond acceptors (Lipinski definition) is 10. The molecular formula is C28H32N6O4S. The number of carbonyl (C=O) groups is 2. The van der Waals surface area contributed by atoms with E-state index in [1.54, 1.807) is 13.3 Å². The summed E-state index contributed by atoms with van der Waals surface area (Å²) < 4.78 is 10.8. The molecule has 0 aromatic carbocycles. The van der Waals surface area contributed by atoms with Crippen molar-refractivity contribution in [2.24, 2.45) is 11.3 Å². The third-order valence-electron chi connectivity index (χ3n) is 8.29. The molecule has 3 aromatic rings. The first-order valence-corrected chi connectivity index (χ1v) is 14.3. The minimum Gasteiger partial charge on any atom is -0.481 e. The summed E-state index contributed by atoms with van der Waals surface area (Å²) in [5, 5.41) is 6.53. The molecule has 1 saturated carbocycles. The summed E-state index contributed by atoms with van der Waals surface area (Å²) in [7, 11) is 3.09. The van der Waals surface area contributed by atoms with Crippen LogP contribution in [0.2, 0.25) is 0 Å². The Labute approximate surface area is 231 Å². The number of pyridine rings is 3. The van der Waals surface area contributed by atoms with Crippen molar-refractivity contribution >= 4 is 46.2 Å². The van der Waals surface area contributed by atoms with E-state index in [0.29, 0.717) is 30.5 Å². The Morgan fingerprint density at radius 3 is 2.95 bits per heavy atom. The van der Waals surface area contributed by atoms with Crippen molar-refractivity contribution in [2.45, 2.75) is 43.2 Å². The fourth-order valence-electron chi connectivity index (χ4n) is 6.30. The molecule has 0 bridgehead atoms. The van der Waals surface area contributed by atoms with E-state index in [4.69, 9.17) is 9.47 Å². The zero-order valence-corrected chi connectivity index (χ0v) is 22.9. The lowest BCUT2D eigenvalue weighted by Crippen LogP contribution is -2.57. The number of rotatable bonds is 6. The van der Waals surface area contributed by atoms with Gasteiger partial charge in [0, 0.05) is 37.9 Å². The molecule has 3 aromatic heterocycles. The zero-order valence-electron chi connectivity index (χ0n) is 22.1. The Bertz CT molecular complexity index is 1420. The van der Waals surface area contributed by atoms with Gasteiger partial charge in [0.2, 0.25) is 11.8 Å². The number of nitrogens with zero attached hydrogens (tertiary/aromatic N) is 4. The number of esters is 1. The zero-order chi connectivity index (χ0) is 27.0. The molecule has 11 heteroatoms. The maximum absolute atomic E-state index is 13.3. The van der Waals surface area contributed by atoms with Crippen molar-refractivity contribution in [1.82, 2.24) is 20.3 Å². The maximum Gasteiger partial charge on any atom is 0.313 e. The van der Waals surface area contributed by atoms with Crippen LogP contribution in [0.15, 0.2) is 41.4 Å². The number of piperidine rings is 1. The number of methoxy groups -OCH3 is 2. The molecule has 1 aliphatic carbocycles. The van der Waals surface area contributed by atoms with Gasteiger partial charge in [-0.1, -0.05) is 0 Å². The molecular weight excluding hydrogens is 516 g/mol. The molecule has 3 aliphatic rings. The number of amides is 1. The normalized spacial score (nSPS) is 24.5. The molecule has 2 aliphatic heterocycles. The van der Waals surface area contributed by atoms with Crippen LogP contribution in [0.1, 0.15) is 31.4 Å². The number of hydrogen-bond donors (Lipinski definition) is 2.